The summed E-state index contributed by atoms with van der Waals surface area (Å²) in [7, 11) is 0. The third-order valence-electron chi connectivity index (χ3n) is 9.06. The third-order valence-corrected chi connectivity index (χ3v) is 9.06. The van der Waals surface area contributed by atoms with Crippen LogP contribution in [0.1, 0.15) is 54.4 Å². The maximum atomic E-state index is 2.77. The van der Waals surface area contributed by atoms with E-state index in [4.69, 9.17) is 0 Å². The largest absolute Gasteiger partial charge is 0.0732 e. The van der Waals surface area contributed by atoms with E-state index < -0.39 is 0 Å². The van der Waals surface area contributed by atoms with Crippen LogP contribution in [0.25, 0.3) is 0 Å². The van der Waals surface area contributed by atoms with Crippen LogP contribution in [0.3, 0.4) is 0 Å². The Bertz CT molecular complexity index is 600. The Morgan fingerprint density at radius 1 is 0.857 bits per heavy atom. The Morgan fingerprint density at radius 3 is 2.14 bits per heavy atom. The predicted molar refractivity (Wildman–Crippen MR) is 87.7 cm³/mol. The van der Waals surface area contributed by atoms with Crippen LogP contribution in [-0.2, 0) is 0 Å². The summed E-state index contributed by atoms with van der Waals surface area (Å²) >= 11 is 0. The number of hydrogen-bond acceptors (Lipinski definition) is 0. The average Bonchev–Trinajstić information content (AvgIpc) is 2.78. The highest BCUT2D eigenvalue weighted by atomic mass is 14.7. The molecule has 0 aliphatic heterocycles. The van der Waals surface area contributed by atoms with Crippen molar-refractivity contribution in [2.45, 2.75) is 54.4 Å². The first kappa shape index (κ1) is 13.0. The van der Waals surface area contributed by atoms with E-state index >= 15 is 0 Å². The van der Waals surface area contributed by atoms with Gasteiger partial charge in [0.25, 0.3) is 0 Å². The molecule has 6 fully saturated rings. The van der Waals surface area contributed by atoms with Gasteiger partial charge in [0.05, 0.1) is 0 Å². The molecule has 6 saturated carbocycles. The van der Waals surface area contributed by atoms with E-state index in [0.717, 1.165) is 41.4 Å². The Morgan fingerprint density at radius 2 is 1.52 bits per heavy atom. The van der Waals surface area contributed by atoms with Gasteiger partial charge in [-0.1, -0.05) is 53.2 Å². The van der Waals surface area contributed by atoms with Crippen LogP contribution in [-0.4, -0.2) is 0 Å². The molecule has 0 aromatic heterocycles. The molecule has 0 heteroatoms. The normalized spacial score (nSPS) is 54.2. The maximum Gasteiger partial charge on any atom is 0.00252 e. The minimum atomic E-state index is 0.560. The molecular weight excluding hydrogens is 252 g/mol. The zero-order valence-electron chi connectivity index (χ0n) is 14.5. The lowest BCUT2D eigenvalue weighted by Gasteiger charge is -2.64. The molecule has 7 rings (SSSR count). The molecule has 21 heavy (non-hydrogen) atoms. The van der Waals surface area contributed by atoms with Crippen molar-refractivity contribution in [2.24, 2.45) is 52.3 Å². The molecule has 4 unspecified atom stereocenters. The molecule has 0 heterocycles. The minimum Gasteiger partial charge on any atom is -0.0732 e. The average molecular weight is 282 g/mol. The minimum absolute atomic E-state index is 0.560. The monoisotopic (exact) mass is 282 g/mol. The Labute approximate surface area is 130 Å². The van der Waals surface area contributed by atoms with Gasteiger partial charge in [0, 0.05) is 5.92 Å². The highest BCUT2D eigenvalue weighted by Crippen LogP contribution is 2.73. The standard InChI is InChI=1S/C21H30/c1-10-14-8-16(20(14,3)4)12-7-13-17-9-15(21(17,5)6)11(2)19(13)18(10)12/h7,10-12,14-17H,8-9H2,1-6H3/t10-,11-,12-,14?,15?,16?,17?/m1/s1. The van der Waals surface area contributed by atoms with Gasteiger partial charge in [-0.05, 0) is 70.3 Å². The van der Waals surface area contributed by atoms with Crippen LogP contribution in [0.2, 0.25) is 0 Å². The van der Waals surface area contributed by atoms with Crippen molar-refractivity contribution in [2.75, 3.05) is 0 Å². The van der Waals surface area contributed by atoms with Crippen molar-refractivity contribution in [1.82, 2.24) is 0 Å². The fourth-order valence-corrected chi connectivity index (χ4v) is 7.64. The van der Waals surface area contributed by atoms with Crippen LogP contribution in [0, 0.1) is 52.3 Å². The lowest BCUT2D eigenvalue weighted by Crippen LogP contribution is -2.56. The van der Waals surface area contributed by atoms with Crippen LogP contribution in [0.4, 0.5) is 0 Å². The van der Waals surface area contributed by atoms with Crippen molar-refractivity contribution in [3.63, 3.8) is 0 Å². The predicted octanol–water partition coefficient (Wildman–Crippen LogP) is 5.46. The first-order chi connectivity index (χ1) is 9.76. The first-order valence-electron chi connectivity index (χ1n) is 9.22. The first-order valence-corrected chi connectivity index (χ1v) is 9.22. The van der Waals surface area contributed by atoms with Gasteiger partial charge in [-0.15, -0.1) is 0 Å². The Balaban J connectivity index is 1.67. The molecule has 0 radical (unpaired) electrons. The highest BCUT2D eigenvalue weighted by molar-refractivity contribution is 5.55. The Hall–Kier alpha value is -0.520. The Kier molecular flexibility index (Phi) is 2.08. The quantitative estimate of drug-likeness (QED) is 0.553. The summed E-state index contributed by atoms with van der Waals surface area (Å²) < 4.78 is 0. The van der Waals surface area contributed by atoms with Gasteiger partial charge < -0.3 is 0 Å². The van der Waals surface area contributed by atoms with Crippen molar-refractivity contribution in [1.29, 1.82) is 0 Å². The van der Waals surface area contributed by atoms with Gasteiger partial charge in [0.15, 0.2) is 0 Å². The van der Waals surface area contributed by atoms with Crippen molar-refractivity contribution in [3.8, 4) is 0 Å². The summed E-state index contributed by atoms with van der Waals surface area (Å²) in [6, 6.07) is 0. The molecule has 0 nitrogen and oxygen atoms in total. The van der Waals surface area contributed by atoms with Gasteiger partial charge in [0.1, 0.15) is 0 Å². The molecule has 0 amide bonds. The van der Waals surface area contributed by atoms with E-state index in [1.807, 2.05) is 16.7 Å². The van der Waals surface area contributed by atoms with E-state index in [1.54, 1.807) is 0 Å². The number of allylic oxidation sites excluding steroid dienone is 4. The summed E-state index contributed by atoms with van der Waals surface area (Å²) in [5.74, 6) is 6.17. The summed E-state index contributed by atoms with van der Waals surface area (Å²) in [4.78, 5) is 0. The van der Waals surface area contributed by atoms with E-state index in [2.05, 4.69) is 47.6 Å². The molecule has 114 valence electrons. The molecule has 0 aromatic carbocycles. The fraction of sp³-hybridized carbons (Fsp3) is 0.810. The van der Waals surface area contributed by atoms with Crippen LogP contribution in [0.5, 0.6) is 0 Å². The van der Waals surface area contributed by atoms with Gasteiger partial charge in [0.2, 0.25) is 0 Å². The highest BCUT2D eigenvalue weighted by Gasteiger charge is 2.64. The fourth-order valence-electron chi connectivity index (χ4n) is 7.64. The summed E-state index contributed by atoms with van der Waals surface area (Å²) in [6.07, 6.45) is 5.72. The zero-order valence-corrected chi connectivity index (χ0v) is 14.5. The van der Waals surface area contributed by atoms with Gasteiger partial charge in [-0.3, -0.25) is 0 Å². The molecule has 7 aliphatic carbocycles. The van der Waals surface area contributed by atoms with Gasteiger partial charge >= 0.3 is 0 Å². The second-order valence-corrected chi connectivity index (χ2v) is 10.1. The molecule has 0 spiro atoms. The molecule has 4 bridgehead atoms. The maximum absolute atomic E-state index is 2.77. The van der Waals surface area contributed by atoms with Crippen molar-refractivity contribution >= 4 is 0 Å². The second-order valence-electron chi connectivity index (χ2n) is 10.1. The lowest BCUT2D eigenvalue weighted by molar-refractivity contribution is -0.0935. The van der Waals surface area contributed by atoms with Crippen LogP contribution < -0.4 is 0 Å². The van der Waals surface area contributed by atoms with E-state index in [1.165, 1.54) is 12.8 Å². The zero-order chi connectivity index (χ0) is 14.9. The molecular formula is C21H30. The summed E-state index contributed by atoms with van der Waals surface area (Å²) in [6.45, 7) is 15.2. The molecule has 7 aliphatic rings. The van der Waals surface area contributed by atoms with Crippen molar-refractivity contribution in [3.05, 3.63) is 22.8 Å². The topological polar surface area (TPSA) is 0 Å². The third kappa shape index (κ3) is 1.16. The summed E-state index contributed by atoms with van der Waals surface area (Å²) in [5, 5.41) is 0. The summed E-state index contributed by atoms with van der Waals surface area (Å²) in [5.41, 5.74) is 6.72. The van der Waals surface area contributed by atoms with Gasteiger partial charge in [-0.25, -0.2) is 0 Å². The lowest BCUT2D eigenvalue weighted by atomic mass is 9.41. The van der Waals surface area contributed by atoms with E-state index in [0.29, 0.717) is 10.8 Å². The van der Waals surface area contributed by atoms with Gasteiger partial charge in [-0.2, -0.15) is 0 Å². The molecule has 0 N–H and O–H groups in total. The molecule has 0 aromatic rings. The van der Waals surface area contributed by atoms with Crippen LogP contribution >= 0.6 is 0 Å². The van der Waals surface area contributed by atoms with Crippen molar-refractivity contribution < 1.29 is 0 Å². The van der Waals surface area contributed by atoms with E-state index in [9.17, 15) is 0 Å². The number of rotatable bonds is 0. The smallest absolute Gasteiger partial charge is 0.00252 e. The molecule has 0 saturated heterocycles. The molecule has 7 atom stereocenters. The number of hydrogen-bond donors (Lipinski definition) is 0. The van der Waals surface area contributed by atoms with E-state index in [-0.39, 0.29) is 0 Å². The second kappa shape index (κ2) is 3.36. The van der Waals surface area contributed by atoms with Crippen LogP contribution in [0.15, 0.2) is 22.8 Å². The SMILES string of the molecule is C[C@H]1C2=C3[C@H](C)C4CC([C@H]3C=C2C2CC1C2(C)C)C4(C)C.